The van der Waals surface area contributed by atoms with E-state index in [-0.39, 0.29) is 12.6 Å². The fourth-order valence-electron chi connectivity index (χ4n) is 2.54. The minimum Gasteiger partial charge on any atom is -0.387 e. The van der Waals surface area contributed by atoms with Gasteiger partial charge in [0.25, 0.3) is 0 Å². The van der Waals surface area contributed by atoms with Crippen LogP contribution in [0.2, 0.25) is 0 Å². The Kier molecular flexibility index (Phi) is 5.11. The predicted octanol–water partition coefficient (Wildman–Crippen LogP) is 2.94. The number of nitrogens with zero attached hydrogens (tertiary/aromatic N) is 2. The normalized spacial score (nSPS) is 11.8. The summed E-state index contributed by atoms with van der Waals surface area (Å²) >= 11 is 0. The van der Waals surface area contributed by atoms with Crippen molar-refractivity contribution in [1.82, 2.24) is 15.1 Å². The third kappa shape index (κ3) is 4.24. The molecule has 0 fully saturated rings. The van der Waals surface area contributed by atoms with E-state index in [4.69, 9.17) is 0 Å². The number of benzene rings is 2. The van der Waals surface area contributed by atoms with Gasteiger partial charge in [-0.05, 0) is 5.56 Å². The number of urea groups is 1. The molecule has 0 aliphatic rings. The number of amides is 2. The lowest BCUT2D eigenvalue weighted by Crippen LogP contribution is -2.32. The van der Waals surface area contributed by atoms with E-state index in [0.717, 1.165) is 11.1 Å². The molecule has 6 nitrogen and oxygen atoms in total. The monoisotopic (exact) mass is 336 g/mol. The molecule has 3 N–H and O–H groups in total. The molecule has 2 aromatic carbocycles. The molecule has 0 aliphatic carbocycles. The highest BCUT2D eigenvalue weighted by molar-refractivity contribution is 5.93. The number of anilines is 1. The van der Waals surface area contributed by atoms with Crippen LogP contribution in [0.15, 0.2) is 66.9 Å². The molecule has 3 rings (SSSR count). The zero-order valence-electron chi connectivity index (χ0n) is 13.9. The highest BCUT2D eigenvalue weighted by Crippen LogP contribution is 2.25. The van der Waals surface area contributed by atoms with E-state index in [1.807, 2.05) is 60.7 Å². The lowest BCUT2D eigenvalue weighted by Gasteiger charge is -2.13. The average molecular weight is 336 g/mol. The third-order valence-corrected chi connectivity index (χ3v) is 3.76. The van der Waals surface area contributed by atoms with Crippen LogP contribution in [0.4, 0.5) is 10.5 Å². The van der Waals surface area contributed by atoms with Gasteiger partial charge in [0.15, 0.2) is 0 Å². The Balaban J connectivity index is 1.64. The van der Waals surface area contributed by atoms with Crippen LogP contribution in [-0.2, 0) is 7.05 Å². The Morgan fingerprint density at radius 3 is 2.44 bits per heavy atom. The van der Waals surface area contributed by atoms with Gasteiger partial charge in [0.2, 0.25) is 0 Å². The first kappa shape index (κ1) is 16.7. The molecule has 1 atom stereocenters. The molecule has 1 heterocycles. The SMILES string of the molecule is Cn1cc(NC(=O)NCC(O)c2ccccc2)c(-c2ccccc2)n1. The molecule has 6 heteroatoms. The Hall–Kier alpha value is -3.12. The van der Waals surface area contributed by atoms with Gasteiger partial charge in [0.1, 0.15) is 5.69 Å². The highest BCUT2D eigenvalue weighted by atomic mass is 16.3. The predicted molar refractivity (Wildman–Crippen MR) is 97.1 cm³/mol. The summed E-state index contributed by atoms with van der Waals surface area (Å²) in [4.78, 5) is 12.2. The first-order valence-electron chi connectivity index (χ1n) is 8.00. The number of rotatable bonds is 5. The molecular formula is C19H20N4O2. The van der Waals surface area contributed by atoms with Crippen molar-refractivity contribution in [3.05, 3.63) is 72.4 Å². The molecule has 2 amide bonds. The summed E-state index contributed by atoms with van der Waals surface area (Å²) in [7, 11) is 1.80. The van der Waals surface area contributed by atoms with E-state index in [1.54, 1.807) is 17.9 Å². The second kappa shape index (κ2) is 7.63. The summed E-state index contributed by atoms with van der Waals surface area (Å²) in [5.74, 6) is 0. The molecule has 1 unspecified atom stereocenters. The van der Waals surface area contributed by atoms with Crippen molar-refractivity contribution in [2.24, 2.45) is 7.05 Å². The second-order valence-electron chi connectivity index (χ2n) is 5.69. The number of nitrogens with one attached hydrogen (secondary N) is 2. The van der Waals surface area contributed by atoms with E-state index >= 15 is 0 Å². The summed E-state index contributed by atoms with van der Waals surface area (Å²) in [6.07, 6.45) is 0.990. The topological polar surface area (TPSA) is 79.2 Å². The van der Waals surface area contributed by atoms with Crippen LogP contribution in [0.5, 0.6) is 0 Å². The Bertz CT molecular complexity index is 831. The van der Waals surface area contributed by atoms with Gasteiger partial charge in [-0.1, -0.05) is 60.7 Å². The number of aliphatic hydroxyl groups excluding tert-OH is 1. The van der Waals surface area contributed by atoms with E-state index < -0.39 is 6.10 Å². The van der Waals surface area contributed by atoms with Crippen molar-refractivity contribution in [2.75, 3.05) is 11.9 Å². The summed E-state index contributed by atoms with van der Waals surface area (Å²) < 4.78 is 1.65. The Labute approximate surface area is 146 Å². The highest BCUT2D eigenvalue weighted by Gasteiger charge is 2.14. The molecule has 3 aromatic rings. The summed E-state index contributed by atoms with van der Waals surface area (Å²) in [5, 5.41) is 20.0. The van der Waals surface area contributed by atoms with Gasteiger partial charge in [-0.3, -0.25) is 4.68 Å². The maximum Gasteiger partial charge on any atom is 0.319 e. The number of carbonyl (C=O) groups is 1. The van der Waals surface area contributed by atoms with Gasteiger partial charge in [-0.2, -0.15) is 5.10 Å². The summed E-state index contributed by atoms with van der Waals surface area (Å²) in [5.41, 5.74) is 2.99. The van der Waals surface area contributed by atoms with E-state index in [1.165, 1.54) is 0 Å². The molecule has 25 heavy (non-hydrogen) atoms. The van der Waals surface area contributed by atoms with Crippen molar-refractivity contribution >= 4 is 11.7 Å². The maximum absolute atomic E-state index is 12.2. The number of aryl methyl sites for hydroxylation is 1. The smallest absolute Gasteiger partial charge is 0.319 e. The number of aliphatic hydroxyl groups is 1. The molecule has 0 spiro atoms. The van der Waals surface area contributed by atoms with Crippen LogP contribution in [-0.4, -0.2) is 27.5 Å². The van der Waals surface area contributed by atoms with Crippen LogP contribution in [0.3, 0.4) is 0 Å². The van der Waals surface area contributed by atoms with Crippen LogP contribution in [0.1, 0.15) is 11.7 Å². The van der Waals surface area contributed by atoms with E-state index in [0.29, 0.717) is 11.4 Å². The molecule has 0 radical (unpaired) electrons. The van der Waals surface area contributed by atoms with Crippen molar-refractivity contribution in [3.63, 3.8) is 0 Å². The van der Waals surface area contributed by atoms with Gasteiger partial charge in [0.05, 0.1) is 11.8 Å². The fraction of sp³-hybridized carbons (Fsp3) is 0.158. The number of carbonyl (C=O) groups excluding carboxylic acids is 1. The molecule has 128 valence electrons. The van der Waals surface area contributed by atoms with Crippen LogP contribution in [0.25, 0.3) is 11.3 Å². The van der Waals surface area contributed by atoms with Gasteiger partial charge in [-0.25, -0.2) is 4.79 Å². The maximum atomic E-state index is 12.2. The van der Waals surface area contributed by atoms with E-state index in [9.17, 15) is 9.90 Å². The molecule has 1 aromatic heterocycles. The van der Waals surface area contributed by atoms with Crippen LogP contribution in [0, 0.1) is 0 Å². The lowest BCUT2D eigenvalue weighted by molar-refractivity contribution is 0.175. The molecule has 0 saturated carbocycles. The first-order chi connectivity index (χ1) is 12.1. The largest absolute Gasteiger partial charge is 0.387 e. The lowest BCUT2D eigenvalue weighted by atomic mass is 10.1. The molecule has 0 saturated heterocycles. The molecular weight excluding hydrogens is 316 g/mol. The minimum absolute atomic E-state index is 0.122. The first-order valence-corrected chi connectivity index (χ1v) is 8.00. The second-order valence-corrected chi connectivity index (χ2v) is 5.69. The van der Waals surface area contributed by atoms with Gasteiger partial charge in [0, 0.05) is 25.4 Å². The van der Waals surface area contributed by atoms with Gasteiger partial charge >= 0.3 is 6.03 Å². The summed E-state index contributed by atoms with van der Waals surface area (Å²) in [6, 6.07) is 18.5. The summed E-state index contributed by atoms with van der Waals surface area (Å²) in [6.45, 7) is 0.122. The zero-order valence-corrected chi connectivity index (χ0v) is 13.9. The van der Waals surface area contributed by atoms with Crippen molar-refractivity contribution in [2.45, 2.75) is 6.10 Å². The number of hydrogen-bond acceptors (Lipinski definition) is 3. The minimum atomic E-state index is -0.755. The van der Waals surface area contributed by atoms with Crippen LogP contribution < -0.4 is 10.6 Å². The zero-order chi connectivity index (χ0) is 17.6. The van der Waals surface area contributed by atoms with E-state index in [2.05, 4.69) is 15.7 Å². The number of hydrogen-bond donors (Lipinski definition) is 3. The third-order valence-electron chi connectivity index (χ3n) is 3.76. The fourth-order valence-corrected chi connectivity index (χ4v) is 2.54. The van der Waals surface area contributed by atoms with Crippen molar-refractivity contribution in [1.29, 1.82) is 0 Å². The Morgan fingerprint density at radius 2 is 1.76 bits per heavy atom. The number of aromatic nitrogens is 2. The quantitative estimate of drug-likeness (QED) is 0.670. The standard InChI is InChI=1S/C19H20N4O2/c1-23-13-16(18(22-23)15-10-6-3-7-11-15)21-19(25)20-12-17(24)14-8-4-2-5-9-14/h2-11,13,17,24H,12H2,1H3,(H2,20,21,25). The van der Waals surface area contributed by atoms with Crippen molar-refractivity contribution in [3.8, 4) is 11.3 Å². The van der Waals surface area contributed by atoms with Gasteiger partial charge in [-0.15, -0.1) is 0 Å². The van der Waals surface area contributed by atoms with Crippen molar-refractivity contribution < 1.29 is 9.90 Å². The molecule has 0 bridgehead atoms. The van der Waals surface area contributed by atoms with Crippen LogP contribution >= 0.6 is 0 Å². The van der Waals surface area contributed by atoms with Gasteiger partial charge < -0.3 is 15.7 Å². The Morgan fingerprint density at radius 1 is 1.12 bits per heavy atom. The average Bonchev–Trinajstić information content (AvgIpc) is 3.01. The molecule has 0 aliphatic heterocycles.